The Morgan fingerprint density at radius 1 is 1.47 bits per heavy atom. The van der Waals surface area contributed by atoms with E-state index >= 15 is 0 Å². The minimum Gasteiger partial charge on any atom is -0.456 e. The van der Waals surface area contributed by atoms with Gasteiger partial charge in [0.1, 0.15) is 6.10 Å². The number of ether oxygens (including phenoxy) is 1. The Morgan fingerprint density at radius 2 is 2.21 bits per heavy atom. The molecule has 1 unspecified atom stereocenters. The van der Waals surface area contributed by atoms with Crippen LogP contribution in [-0.4, -0.2) is 24.5 Å². The minimum absolute atomic E-state index is 0.197. The van der Waals surface area contributed by atoms with Gasteiger partial charge in [-0.3, -0.25) is 0 Å². The maximum Gasteiger partial charge on any atom is 0.377 e. The number of anilines is 1. The molecule has 1 atom stereocenters. The van der Waals surface area contributed by atoms with Crippen molar-refractivity contribution in [2.24, 2.45) is 0 Å². The lowest BCUT2D eigenvalue weighted by atomic mass is 10.0. The Labute approximate surface area is 111 Å². The fraction of sp³-hybridized carbons (Fsp3) is 0.500. The second-order valence-electron chi connectivity index (χ2n) is 5.10. The van der Waals surface area contributed by atoms with E-state index in [4.69, 9.17) is 0 Å². The number of carbonyl (C=O) groups excluding carboxylic acids is 1. The Morgan fingerprint density at radius 3 is 2.79 bits per heavy atom. The van der Waals surface area contributed by atoms with Gasteiger partial charge in [0.05, 0.1) is 13.0 Å². The first-order valence-corrected chi connectivity index (χ1v) is 6.31. The number of benzene rings is 1. The highest BCUT2D eigenvalue weighted by Crippen LogP contribution is 2.31. The molecule has 0 saturated carbocycles. The Kier molecular flexibility index (Phi) is 3.73. The van der Waals surface area contributed by atoms with Crippen molar-refractivity contribution in [3.8, 4) is 0 Å². The van der Waals surface area contributed by atoms with Crippen molar-refractivity contribution in [1.29, 1.82) is 0 Å². The van der Waals surface area contributed by atoms with Crippen LogP contribution in [0.3, 0.4) is 0 Å². The Hall–Kier alpha value is -1.65. The quantitative estimate of drug-likeness (QED) is 0.853. The summed E-state index contributed by atoms with van der Waals surface area (Å²) in [5.41, 5.74) is 2.01. The van der Waals surface area contributed by atoms with Crippen LogP contribution in [0, 0.1) is 0 Å². The molecule has 1 fully saturated rings. The average Bonchev–Trinajstić information content (AvgIpc) is 2.61. The highest BCUT2D eigenvalue weighted by Gasteiger charge is 2.50. The molecule has 1 aliphatic rings. The molecule has 2 rings (SSSR count). The Balaban J connectivity index is 1.93. The van der Waals surface area contributed by atoms with Crippen molar-refractivity contribution < 1.29 is 18.3 Å². The third kappa shape index (κ3) is 3.22. The van der Waals surface area contributed by atoms with Gasteiger partial charge in [0.15, 0.2) is 0 Å². The third-order valence-electron chi connectivity index (χ3n) is 3.14. The van der Waals surface area contributed by atoms with Crippen LogP contribution in [0.4, 0.5) is 14.5 Å². The van der Waals surface area contributed by atoms with E-state index in [9.17, 15) is 13.6 Å². The summed E-state index contributed by atoms with van der Waals surface area (Å²) in [5.74, 6) is -4.36. The fourth-order valence-corrected chi connectivity index (χ4v) is 2.00. The second kappa shape index (κ2) is 5.15. The number of hydrogen-bond acceptors (Lipinski definition) is 3. The first-order chi connectivity index (χ1) is 8.88. The summed E-state index contributed by atoms with van der Waals surface area (Å²) in [7, 11) is 0. The fourth-order valence-electron chi connectivity index (χ4n) is 2.00. The van der Waals surface area contributed by atoms with Crippen molar-refractivity contribution in [3.63, 3.8) is 0 Å². The molecule has 0 aliphatic carbocycles. The van der Waals surface area contributed by atoms with Gasteiger partial charge >= 0.3 is 11.9 Å². The van der Waals surface area contributed by atoms with Crippen LogP contribution in [0.2, 0.25) is 0 Å². The van der Waals surface area contributed by atoms with E-state index in [1.54, 1.807) is 0 Å². The summed E-state index contributed by atoms with van der Waals surface area (Å²) >= 11 is 0. The molecule has 1 N–H and O–H groups in total. The number of nitrogens with one attached hydrogen (secondary N) is 1. The zero-order chi connectivity index (χ0) is 14.0. The van der Waals surface area contributed by atoms with E-state index < -0.39 is 24.4 Å². The largest absolute Gasteiger partial charge is 0.456 e. The highest BCUT2D eigenvalue weighted by atomic mass is 19.3. The molecular formula is C14H17F2NO2. The summed E-state index contributed by atoms with van der Waals surface area (Å²) in [6.45, 7) is 4.36. The van der Waals surface area contributed by atoms with Crippen LogP contribution in [0.15, 0.2) is 24.3 Å². The van der Waals surface area contributed by atoms with E-state index in [1.807, 2.05) is 24.3 Å². The summed E-state index contributed by atoms with van der Waals surface area (Å²) < 4.78 is 30.6. The standard InChI is InChI=1S/C14H17F2NO2/c1-9(2)10-4-3-5-11(6-10)17-8-12-7-14(15,16)13(18)19-12/h3-6,9,12,17H,7-8H2,1-2H3. The van der Waals surface area contributed by atoms with E-state index in [2.05, 4.69) is 23.9 Å². The number of hydrogen-bond donors (Lipinski definition) is 1. The molecule has 3 nitrogen and oxygen atoms in total. The van der Waals surface area contributed by atoms with Crippen molar-refractivity contribution in [3.05, 3.63) is 29.8 Å². The van der Waals surface area contributed by atoms with Crippen LogP contribution in [-0.2, 0) is 9.53 Å². The lowest BCUT2D eigenvalue weighted by molar-refractivity contribution is -0.158. The maximum absolute atomic E-state index is 13.0. The zero-order valence-corrected chi connectivity index (χ0v) is 11.0. The highest BCUT2D eigenvalue weighted by molar-refractivity contribution is 5.79. The number of alkyl halides is 2. The molecule has 1 aromatic carbocycles. The molecule has 0 aromatic heterocycles. The molecule has 1 heterocycles. The topological polar surface area (TPSA) is 38.3 Å². The lowest BCUT2D eigenvalue weighted by Crippen LogP contribution is -2.22. The van der Waals surface area contributed by atoms with Gasteiger partial charge < -0.3 is 10.1 Å². The molecule has 19 heavy (non-hydrogen) atoms. The molecule has 1 aromatic rings. The molecule has 0 bridgehead atoms. The van der Waals surface area contributed by atoms with E-state index in [0.717, 1.165) is 5.69 Å². The molecule has 0 radical (unpaired) electrons. The second-order valence-corrected chi connectivity index (χ2v) is 5.10. The van der Waals surface area contributed by atoms with Crippen LogP contribution < -0.4 is 5.32 Å². The summed E-state index contributed by atoms with van der Waals surface area (Å²) in [6, 6.07) is 7.76. The van der Waals surface area contributed by atoms with Crippen LogP contribution in [0.5, 0.6) is 0 Å². The van der Waals surface area contributed by atoms with Gasteiger partial charge in [-0.15, -0.1) is 0 Å². The third-order valence-corrected chi connectivity index (χ3v) is 3.14. The van der Waals surface area contributed by atoms with Gasteiger partial charge in [0.2, 0.25) is 0 Å². The zero-order valence-electron chi connectivity index (χ0n) is 11.0. The Bertz CT molecular complexity index is 474. The minimum atomic E-state index is -3.34. The predicted octanol–water partition coefficient (Wildman–Crippen LogP) is 3.17. The molecule has 104 valence electrons. The van der Waals surface area contributed by atoms with E-state index in [0.29, 0.717) is 5.92 Å². The SMILES string of the molecule is CC(C)c1cccc(NCC2CC(F)(F)C(=O)O2)c1. The number of cyclic esters (lactones) is 1. The smallest absolute Gasteiger partial charge is 0.377 e. The van der Waals surface area contributed by atoms with E-state index in [1.165, 1.54) is 5.56 Å². The molecule has 1 aliphatic heterocycles. The van der Waals surface area contributed by atoms with Crippen molar-refractivity contribution in [1.82, 2.24) is 0 Å². The number of carbonyl (C=O) groups is 1. The predicted molar refractivity (Wildman–Crippen MR) is 68.5 cm³/mol. The van der Waals surface area contributed by atoms with Gasteiger partial charge in [-0.1, -0.05) is 26.0 Å². The molecule has 5 heteroatoms. The van der Waals surface area contributed by atoms with Crippen molar-refractivity contribution >= 4 is 11.7 Å². The summed E-state index contributed by atoms with van der Waals surface area (Å²) in [6.07, 6.45) is -1.33. The molecule has 0 amide bonds. The average molecular weight is 269 g/mol. The van der Waals surface area contributed by atoms with Gasteiger partial charge in [-0.05, 0) is 23.6 Å². The van der Waals surface area contributed by atoms with Crippen molar-refractivity contribution in [2.45, 2.75) is 38.2 Å². The van der Waals surface area contributed by atoms with Gasteiger partial charge in [-0.2, -0.15) is 8.78 Å². The first-order valence-electron chi connectivity index (χ1n) is 6.31. The maximum atomic E-state index is 13.0. The summed E-state index contributed by atoms with van der Waals surface area (Å²) in [5, 5.41) is 3.03. The van der Waals surface area contributed by atoms with Gasteiger partial charge in [0.25, 0.3) is 0 Å². The van der Waals surface area contributed by atoms with Crippen LogP contribution in [0.1, 0.15) is 31.7 Å². The van der Waals surface area contributed by atoms with E-state index in [-0.39, 0.29) is 6.54 Å². The number of rotatable bonds is 4. The number of esters is 1. The normalized spacial score (nSPS) is 21.5. The van der Waals surface area contributed by atoms with Crippen molar-refractivity contribution in [2.75, 3.05) is 11.9 Å². The van der Waals surface area contributed by atoms with Gasteiger partial charge in [-0.25, -0.2) is 4.79 Å². The van der Waals surface area contributed by atoms with Crippen LogP contribution >= 0.6 is 0 Å². The van der Waals surface area contributed by atoms with Crippen LogP contribution in [0.25, 0.3) is 0 Å². The summed E-state index contributed by atoms with van der Waals surface area (Å²) in [4.78, 5) is 10.9. The number of halogens is 2. The lowest BCUT2D eigenvalue weighted by Gasteiger charge is -2.13. The molecular weight excluding hydrogens is 252 g/mol. The molecule has 1 saturated heterocycles. The molecule has 0 spiro atoms. The first kappa shape index (κ1) is 13.8. The van der Waals surface area contributed by atoms with Gasteiger partial charge in [0, 0.05) is 5.69 Å². The monoisotopic (exact) mass is 269 g/mol.